The van der Waals surface area contributed by atoms with E-state index in [4.69, 9.17) is 0 Å². The molecule has 2 nitrogen and oxygen atoms in total. The second-order valence-electron chi connectivity index (χ2n) is 2.88. The summed E-state index contributed by atoms with van der Waals surface area (Å²) in [6.07, 6.45) is 16.6. The van der Waals surface area contributed by atoms with Crippen LogP contribution in [0.1, 0.15) is 0 Å². The molecule has 2 N–H and O–H groups in total. The Morgan fingerprint density at radius 3 is 1.25 bits per heavy atom. The van der Waals surface area contributed by atoms with Gasteiger partial charge in [0.2, 0.25) is 0 Å². The predicted octanol–water partition coefficient (Wildman–Crippen LogP) is 1.07. The molecule has 0 saturated heterocycles. The molecule has 0 saturated carbocycles. The summed E-state index contributed by atoms with van der Waals surface area (Å²) in [6, 6.07) is 0.680. The molecule has 0 aromatic rings. The highest BCUT2D eigenvalue weighted by molar-refractivity contribution is 5.23. The summed E-state index contributed by atoms with van der Waals surface area (Å²) in [5.74, 6) is 0. The summed E-state index contributed by atoms with van der Waals surface area (Å²) in [5, 5.41) is 0. The second kappa shape index (κ2) is 3.52. The predicted molar refractivity (Wildman–Crippen MR) is 50.4 cm³/mol. The number of hydrazine groups is 1. The first-order chi connectivity index (χ1) is 5.95. The van der Waals surface area contributed by atoms with Gasteiger partial charge in [0.15, 0.2) is 0 Å². The van der Waals surface area contributed by atoms with Crippen LogP contribution < -0.4 is 10.9 Å². The van der Waals surface area contributed by atoms with Crippen LogP contribution in [-0.4, -0.2) is 12.1 Å². The minimum atomic E-state index is 0.340. The maximum Gasteiger partial charge on any atom is 0.0580 e. The molecule has 0 aliphatic heterocycles. The van der Waals surface area contributed by atoms with Gasteiger partial charge in [0.05, 0.1) is 12.1 Å². The molecule has 0 radical (unpaired) electrons. The molecular formula is C10H12N2. The maximum atomic E-state index is 3.20. The Kier molecular flexibility index (Phi) is 2.21. The van der Waals surface area contributed by atoms with E-state index in [1.165, 1.54) is 0 Å². The smallest absolute Gasteiger partial charge is 0.0580 e. The highest BCUT2D eigenvalue weighted by Crippen LogP contribution is 2.00. The van der Waals surface area contributed by atoms with Crippen LogP contribution in [0.25, 0.3) is 0 Å². The van der Waals surface area contributed by atoms with Gasteiger partial charge in [-0.25, -0.2) is 10.9 Å². The van der Waals surface area contributed by atoms with Crippen molar-refractivity contribution in [2.75, 3.05) is 0 Å². The number of rotatable bonds is 3. The fraction of sp³-hybridized carbons (Fsp3) is 0.200. The summed E-state index contributed by atoms with van der Waals surface area (Å²) in [7, 11) is 0. The van der Waals surface area contributed by atoms with Gasteiger partial charge < -0.3 is 0 Å². The van der Waals surface area contributed by atoms with E-state index in [9.17, 15) is 0 Å². The number of hydrogen-bond acceptors (Lipinski definition) is 2. The van der Waals surface area contributed by atoms with E-state index >= 15 is 0 Å². The standard InChI is InChI=1S/C10H12N2/c1-2-6-9(5-1)11-12-10-7-3-4-8-10/h1-12H. The van der Waals surface area contributed by atoms with Crippen LogP contribution in [0.3, 0.4) is 0 Å². The van der Waals surface area contributed by atoms with Crippen molar-refractivity contribution < 1.29 is 0 Å². The first kappa shape index (κ1) is 7.53. The first-order valence-corrected chi connectivity index (χ1v) is 4.16. The summed E-state index contributed by atoms with van der Waals surface area (Å²) in [6.45, 7) is 0. The van der Waals surface area contributed by atoms with Gasteiger partial charge in [0, 0.05) is 0 Å². The van der Waals surface area contributed by atoms with Crippen LogP contribution in [0.2, 0.25) is 0 Å². The lowest BCUT2D eigenvalue weighted by atomic mass is 10.3. The summed E-state index contributed by atoms with van der Waals surface area (Å²) < 4.78 is 0. The van der Waals surface area contributed by atoms with E-state index in [0.29, 0.717) is 12.1 Å². The van der Waals surface area contributed by atoms with Gasteiger partial charge in [0.1, 0.15) is 0 Å². The minimum Gasteiger partial charge on any atom is -0.246 e. The zero-order valence-corrected chi connectivity index (χ0v) is 6.77. The molecule has 0 heterocycles. The van der Waals surface area contributed by atoms with Gasteiger partial charge in [-0.15, -0.1) is 0 Å². The van der Waals surface area contributed by atoms with Gasteiger partial charge in [-0.1, -0.05) is 48.6 Å². The second-order valence-corrected chi connectivity index (χ2v) is 2.88. The van der Waals surface area contributed by atoms with E-state index in [1.807, 2.05) is 24.3 Å². The SMILES string of the molecule is C1=CC(NNC2C=CC=C2)C=C1. The molecule has 0 fully saturated rings. The third-order valence-corrected chi connectivity index (χ3v) is 1.91. The van der Waals surface area contributed by atoms with Crippen molar-refractivity contribution in [1.82, 2.24) is 10.9 Å². The van der Waals surface area contributed by atoms with Gasteiger partial charge in [-0.2, -0.15) is 0 Å². The van der Waals surface area contributed by atoms with Crippen molar-refractivity contribution >= 4 is 0 Å². The molecular weight excluding hydrogens is 148 g/mol. The molecule has 0 spiro atoms. The van der Waals surface area contributed by atoms with Crippen molar-refractivity contribution in [3.8, 4) is 0 Å². The Bertz CT molecular complexity index is 209. The molecule has 0 bridgehead atoms. The molecule has 2 aliphatic carbocycles. The fourth-order valence-corrected chi connectivity index (χ4v) is 1.25. The Hall–Kier alpha value is -1.12. The molecule has 2 heteroatoms. The molecule has 0 atom stereocenters. The van der Waals surface area contributed by atoms with Crippen LogP contribution in [0.5, 0.6) is 0 Å². The van der Waals surface area contributed by atoms with E-state index in [-0.39, 0.29) is 0 Å². The molecule has 2 rings (SSSR count). The molecule has 62 valence electrons. The van der Waals surface area contributed by atoms with Crippen molar-refractivity contribution in [2.45, 2.75) is 12.1 Å². The van der Waals surface area contributed by atoms with Crippen molar-refractivity contribution in [2.24, 2.45) is 0 Å². The average Bonchev–Trinajstić information content (AvgIpc) is 2.74. The van der Waals surface area contributed by atoms with Crippen molar-refractivity contribution in [3.63, 3.8) is 0 Å². The lowest BCUT2D eigenvalue weighted by molar-refractivity contribution is 0.516. The molecule has 0 aromatic carbocycles. The number of allylic oxidation sites excluding steroid dienone is 4. The maximum absolute atomic E-state index is 3.20. The highest BCUT2D eigenvalue weighted by Gasteiger charge is 2.05. The topological polar surface area (TPSA) is 24.1 Å². The van der Waals surface area contributed by atoms with Crippen molar-refractivity contribution in [3.05, 3.63) is 48.6 Å². The Morgan fingerprint density at radius 1 is 0.583 bits per heavy atom. The minimum absolute atomic E-state index is 0.340. The molecule has 0 amide bonds. The molecule has 12 heavy (non-hydrogen) atoms. The monoisotopic (exact) mass is 160 g/mol. The Balaban J connectivity index is 1.74. The zero-order chi connectivity index (χ0) is 8.23. The molecule has 0 unspecified atom stereocenters. The fourth-order valence-electron chi connectivity index (χ4n) is 1.25. The number of hydrogen-bond donors (Lipinski definition) is 2. The third-order valence-electron chi connectivity index (χ3n) is 1.91. The van der Waals surface area contributed by atoms with Crippen LogP contribution in [-0.2, 0) is 0 Å². The third kappa shape index (κ3) is 1.72. The normalized spacial score (nSPS) is 21.7. The first-order valence-electron chi connectivity index (χ1n) is 4.16. The summed E-state index contributed by atoms with van der Waals surface area (Å²) >= 11 is 0. The molecule has 0 aromatic heterocycles. The van der Waals surface area contributed by atoms with Crippen LogP contribution in [0.15, 0.2) is 48.6 Å². The quantitative estimate of drug-likeness (QED) is 0.603. The van der Waals surface area contributed by atoms with Gasteiger partial charge in [-0.05, 0) is 0 Å². The lowest BCUT2D eigenvalue weighted by Gasteiger charge is -2.13. The average molecular weight is 160 g/mol. The highest BCUT2D eigenvalue weighted by atomic mass is 15.4. The van der Waals surface area contributed by atoms with E-state index in [0.717, 1.165) is 0 Å². The van der Waals surface area contributed by atoms with Crippen LogP contribution >= 0.6 is 0 Å². The van der Waals surface area contributed by atoms with Crippen LogP contribution in [0.4, 0.5) is 0 Å². The van der Waals surface area contributed by atoms with Crippen LogP contribution in [0, 0.1) is 0 Å². The van der Waals surface area contributed by atoms with Crippen molar-refractivity contribution in [1.29, 1.82) is 0 Å². The summed E-state index contributed by atoms with van der Waals surface area (Å²) in [4.78, 5) is 0. The van der Waals surface area contributed by atoms with Gasteiger partial charge in [0.25, 0.3) is 0 Å². The Morgan fingerprint density at radius 2 is 0.917 bits per heavy atom. The summed E-state index contributed by atoms with van der Waals surface area (Å²) in [5.41, 5.74) is 6.39. The van der Waals surface area contributed by atoms with Gasteiger partial charge >= 0.3 is 0 Å². The van der Waals surface area contributed by atoms with E-state index < -0.39 is 0 Å². The van der Waals surface area contributed by atoms with E-state index in [1.54, 1.807) is 0 Å². The van der Waals surface area contributed by atoms with E-state index in [2.05, 4.69) is 35.2 Å². The largest absolute Gasteiger partial charge is 0.246 e. The number of nitrogens with one attached hydrogen (secondary N) is 2. The lowest BCUT2D eigenvalue weighted by Crippen LogP contribution is -2.42. The molecule has 2 aliphatic rings. The van der Waals surface area contributed by atoms with Gasteiger partial charge in [-0.3, -0.25) is 0 Å². The Labute approximate surface area is 72.3 Å². The zero-order valence-electron chi connectivity index (χ0n) is 6.77.